The van der Waals surface area contributed by atoms with Gasteiger partial charge in [0.15, 0.2) is 0 Å². The topological polar surface area (TPSA) is 59.0 Å². The number of nitrogens with zero attached hydrogens (tertiary/aromatic N) is 1. The lowest BCUT2D eigenvalue weighted by Crippen LogP contribution is -2.37. The van der Waals surface area contributed by atoms with Crippen LogP contribution in [-0.2, 0) is 10.3 Å². The van der Waals surface area contributed by atoms with Crippen molar-refractivity contribution in [3.05, 3.63) is 35.9 Å². The van der Waals surface area contributed by atoms with Crippen molar-refractivity contribution in [3.63, 3.8) is 0 Å². The normalized spacial score (nSPS) is 25.6. The molecule has 1 unspecified atom stereocenters. The maximum absolute atomic E-state index is 9.38. The van der Waals surface area contributed by atoms with E-state index in [4.69, 9.17) is 10.5 Å². The van der Waals surface area contributed by atoms with Crippen LogP contribution >= 0.6 is 0 Å². The summed E-state index contributed by atoms with van der Waals surface area (Å²) >= 11 is 0. The molecular formula is C17H24N2O. The highest BCUT2D eigenvalue weighted by atomic mass is 16.5. The maximum atomic E-state index is 9.38. The Kier molecular flexibility index (Phi) is 5.17. The first-order chi connectivity index (χ1) is 9.64. The molecule has 0 heterocycles. The molecule has 2 N–H and O–H groups in total. The van der Waals surface area contributed by atoms with Gasteiger partial charge in [-0.15, -0.1) is 0 Å². The van der Waals surface area contributed by atoms with Crippen LogP contribution in [-0.4, -0.2) is 12.7 Å². The number of ether oxygens (including phenoxy) is 1. The third-order valence-electron chi connectivity index (χ3n) is 4.30. The fourth-order valence-electron chi connectivity index (χ4n) is 2.78. The summed E-state index contributed by atoms with van der Waals surface area (Å²) in [6, 6.07) is 11.8. The maximum Gasteiger partial charge on any atom is 0.132 e. The number of benzene rings is 1. The fraction of sp³-hybridized carbons (Fsp3) is 0.588. The molecule has 1 saturated carbocycles. The number of nitrogens with two attached hydrogens (primary N) is 1. The van der Waals surface area contributed by atoms with Crippen LogP contribution in [0.3, 0.4) is 0 Å². The van der Waals surface area contributed by atoms with Crippen molar-refractivity contribution in [2.45, 2.75) is 50.7 Å². The second-order valence-electron chi connectivity index (χ2n) is 5.95. The summed E-state index contributed by atoms with van der Waals surface area (Å²) < 4.78 is 5.92. The first-order valence-corrected chi connectivity index (χ1v) is 7.51. The standard InChI is InChI=1S/C17H24N2O/c1-14-7-9-16(10-8-14)20-12-11-17(19,13-18)15-5-3-2-4-6-15/h2-6,14,16H,7-12,19H2,1H3. The summed E-state index contributed by atoms with van der Waals surface area (Å²) in [7, 11) is 0. The molecule has 3 nitrogen and oxygen atoms in total. The minimum absolute atomic E-state index is 0.352. The number of hydrogen-bond acceptors (Lipinski definition) is 3. The largest absolute Gasteiger partial charge is 0.378 e. The summed E-state index contributed by atoms with van der Waals surface area (Å²) in [6.45, 7) is 2.85. The van der Waals surface area contributed by atoms with E-state index < -0.39 is 5.54 Å². The van der Waals surface area contributed by atoms with Crippen LogP contribution in [0, 0.1) is 17.2 Å². The van der Waals surface area contributed by atoms with Crippen molar-refractivity contribution in [1.29, 1.82) is 5.26 Å². The fourth-order valence-corrected chi connectivity index (χ4v) is 2.78. The van der Waals surface area contributed by atoms with Crippen LogP contribution in [0.5, 0.6) is 0 Å². The average Bonchev–Trinajstić information content (AvgIpc) is 2.50. The Bertz CT molecular complexity index is 446. The molecule has 1 atom stereocenters. The molecule has 0 radical (unpaired) electrons. The van der Waals surface area contributed by atoms with E-state index in [9.17, 15) is 5.26 Å². The summed E-state index contributed by atoms with van der Waals surface area (Å²) in [5.41, 5.74) is 6.14. The van der Waals surface area contributed by atoms with Crippen LogP contribution in [0.1, 0.15) is 44.6 Å². The molecule has 0 spiro atoms. The second kappa shape index (κ2) is 6.88. The van der Waals surface area contributed by atoms with E-state index in [0.29, 0.717) is 19.1 Å². The van der Waals surface area contributed by atoms with Gasteiger partial charge in [0.25, 0.3) is 0 Å². The van der Waals surface area contributed by atoms with Gasteiger partial charge in [0, 0.05) is 6.42 Å². The van der Waals surface area contributed by atoms with E-state index in [0.717, 1.165) is 24.3 Å². The minimum Gasteiger partial charge on any atom is -0.378 e. The molecule has 0 amide bonds. The monoisotopic (exact) mass is 272 g/mol. The van der Waals surface area contributed by atoms with Gasteiger partial charge >= 0.3 is 0 Å². The highest BCUT2D eigenvalue weighted by Gasteiger charge is 2.27. The molecule has 108 valence electrons. The predicted molar refractivity (Wildman–Crippen MR) is 79.9 cm³/mol. The van der Waals surface area contributed by atoms with Crippen LogP contribution in [0.15, 0.2) is 30.3 Å². The molecule has 0 bridgehead atoms. The molecule has 0 saturated heterocycles. The Balaban J connectivity index is 1.84. The first kappa shape index (κ1) is 15.0. The van der Waals surface area contributed by atoms with Gasteiger partial charge in [-0.2, -0.15) is 5.26 Å². The molecule has 0 aliphatic heterocycles. The van der Waals surface area contributed by atoms with E-state index in [-0.39, 0.29) is 0 Å². The SMILES string of the molecule is CC1CCC(OCCC(N)(C#N)c2ccccc2)CC1. The average molecular weight is 272 g/mol. The van der Waals surface area contributed by atoms with Gasteiger partial charge in [-0.25, -0.2) is 0 Å². The molecular weight excluding hydrogens is 248 g/mol. The molecule has 0 aromatic heterocycles. The lowest BCUT2D eigenvalue weighted by atomic mass is 9.88. The number of nitriles is 1. The van der Waals surface area contributed by atoms with Gasteiger partial charge in [0.1, 0.15) is 5.54 Å². The van der Waals surface area contributed by atoms with Crippen LogP contribution in [0.2, 0.25) is 0 Å². The molecule has 20 heavy (non-hydrogen) atoms. The van der Waals surface area contributed by atoms with Crippen molar-refractivity contribution in [3.8, 4) is 6.07 Å². The van der Waals surface area contributed by atoms with Crippen molar-refractivity contribution in [2.24, 2.45) is 11.7 Å². The summed E-state index contributed by atoms with van der Waals surface area (Å²) in [5, 5.41) is 9.38. The zero-order chi connectivity index (χ0) is 14.4. The van der Waals surface area contributed by atoms with Crippen LogP contribution in [0.25, 0.3) is 0 Å². The van der Waals surface area contributed by atoms with Crippen molar-refractivity contribution in [2.75, 3.05) is 6.61 Å². The highest BCUT2D eigenvalue weighted by Crippen LogP contribution is 2.27. The second-order valence-corrected chi connectivity index (χ2v) is 5.95. The van der Waals surface area contributed by atoms with Gasteiger partial charge in [-0.3, -0.25) is 0 Å². The molecule has 1 fully saturated rings. The molecule has 2 rings (SSSR count). The smallest absolute Gasteiger partial charge is 0.132 e. The highest BCUT2D eigenvalue weighted by molar-refractivity contribution is 5.30. The van der Waals surface area contributed by atoms with Crippen LogP contribution < -0.4 is 5.73 Å². The third-order valence-corrected chi connectivity index (χ3v) is 4.30. The molecule has 1 aromatic carbocycles. The van der Waals surface area contributed by atoms with Crippen molar-refractivity contribution >= 4 is 0 Å². The third kappa shape index (κ3) is 3.82. The molecule has 1 aromatic rings. The van der Waals surface area contributed by atoms with E-state index in [1.165, 1.54) is 12.8 Å². The Hall–Kier alpha value is -1.37. The molecule has 1 aliphatic rings. The summed E-state index contributed by atoms with van der Waals surface area (Å²) in [5.74, 6) is 0.826. The number of hydrogen-bond donors (Lipinski definition) is 1. The van der Waals surface area contributed by atoms with Gasteiger partial charge < -0.3 is 10.5 Å². The van der Waals surface area contributed by atoms with Gasteiger partial charge in [0.2, 0.25) is 0 Å². The van der Waals surface area contributed by atoms with E-state index in [1.807, 2.05) is 30.3 Å². The zero-order valence-electron chi connectivity index (χ0n) is 12.2. The molecule has 1 aliphatic carbocycles. The Morgan fingerprint density at radius 2 is 1.90 bits per heavy atom. The van der Waals surface area contributed by atoms with E-state index >= 15 is 0 Å². The lowest BCUT2D eigenvalue weighted by molar-refractivity contribution is 0.0137. The Morgan fingerprint density at radius 1 is 1.25 bits per heavy atom. The number of rotatable bonds is 5. The minimum atomic E-state index is -0.941. The van der Waals surface area contributed by atoms with Crippen molar-refractivity contribution in [1.82, 2.24) is 0 Å². The Morgan fingerprint density at radius 3 is 2.50 bits per heavy atom. The van der Waals surface area contributed by atoms with Gasteiger partial charge in [-0.1, -0.05) is 37.3 Å². The molecule has 3 heteroatoms. The lowest BCUT2D eigenvalue weighted by Gasteiger charge is -2.28. The van der Waals surface area contributed by atoms with Gasteiger partial charge in [-0.05, 0) is 37.2 Å². The van der Waals surface area contributed by atoms with E-state index in [2.05, 4.69) is 13.0 Å². The Labute approximate surface area is 121 Å². The van der Waals surface area contributed by atoms with E-state index in [1.54, 1.807) is 0 Å². The van der Waals surface area contributed by atoms with Crippen LogP contribution in [0.4, 0.5) is 0 Å². The summed E-state index contributed by atoms with van der Waals surface area (Å²) in [6.07, 6.45) is 5.65. The first-order valence-electron chi connectivity index (χ1n) is 7.51. The predicted octanol–water partition coefficient (Wildman–Crippen LogP) is 3.35. The zero-order valence-corrected chi connectivity index (χ0v) is 12.2. The van der Waals surface area contributed by atoms with Crippen molar-refractivity contribution < 1.29 is 4.74 Å². The quantitative estimate of drug-likeness (QED) is 0.894. The summed E-state index contributed by atoms with van der Waals surface area (Å²) in [4.78, 5) is 0. The van der Waals surface area contributed by atoms with Gasteiger partial charge in [0.05, 0.1) is 18.8 Å².